The van der Waals surface area contributed by atoms with Crippen LogP contribution >= 0.6 is 0 Å². The number of aromatic nitrogens is 3. The third kappa shape index (κ3) is 4.52. The van der Waals surface area contributed by atoms with E-state index >= 15 is 0 Å². The number of hydrogen-bond donors (Lipinski definition) is 2. The molecule has 1 fully saturated rings. The van der Waals surface area contributed by atoms with Gasteiger partial charge >= 0.3 is 0 Å². The van der Waals surface area contributed by atoms with Crippen LogP contribution < -0.4 is 10.5 Å². The Labute approximate surface area is 175 Å². The zero-order valence-corrected chi connectivity index (χ0v) is 17.0. The van der Waals surface area contributed by atoms with E-state index in [-0.39, 0.29) is 17.8 Å². The van der Waals surface area contributed by atoms with Gasteiger partial charge in [-0.05, 0) is 43.0 Å². The highest BCUT2D eigenvalue weighted by Gasteiger charge is 2.31. The molecule has 0 radical (unpaired) electrons. The molecule has 0 saturated heterocycles. The van der Waals surface area contributed by atoms with Gasteiger partial charge in [-0.1, -0.05) is 30.3 Å². The van der Waals surface area contributed by atoms with Crippen LogP contribution in [0.3, 0.4) is 0 Å². The van der Waals surface area contributed by atoms with Crippen LogP contribution in [0.1, 0.15) is 48.0 Å². The summed E-state index contributed by atoms with van der Waals surface area (Å²) in [5, 5.41) is 15.1. The smallest absolute Gasteiger partial charge is 0.155 e. The lowest BCUT2D eigenvalue weighted by molar-refractivity contribution is 0.0957. The van der Waals surface area contributed by atoms with Gasteiger partial charge in [-0.15, -0.1) is 0 Å². The normalized spacial score (nSPS) is 21.5. The molecule has 1 aliphatic carbocycles. The van der Waals surface area contributed by atoms with Crippen LogP contribution in [0.2, 0.25) is 0 Å². The van der Waals surface area contributed by atoms with E-state index in [4.69, 9.17) is 20.6 Å². The van der Waals surface area contributed by atoms with Crippen molar-refractivity contribution in [2.24, 2.45) is 5.73 Å². The third-order valence-electron chi connectivity index (χ3n) is 5.76. The number of nitrogens with zero attached hydrogens (tertiary/aromatic N) is 3. The molecule has 0 spiro atoms. The number of para-hydroxylation sites is 1. The average molecular weight is 410 g/mol. The van der Waals surface area contributed by atoms with E-state index in [1.807, 2.05) is 28.9 Å². The molecule has 1 aromatic heterocycles. The van der Waals surface area contributed by atoms with E-state index in [1.165, 1.54) is 12.1 Å². The maximum absolute atomic E-state index is 13.3. The van der Waals surface area contributed by atoms with Crippen molar-refractivity contribution in [1.82, 2.24) is 14.8 Å². The molecule has 0 amide bonds. The topological polar surface area (TPSA) is 86.2 Å². The monoisotopic (exact) mass is 410 g/mol. The van der Waals surface area contributed by atoms with Gasteiger partial charge < -0.3 is 15.6 Å². The number of hydrogen-bond acceptors (Lipinski definition) is 5. The standard InChI is InChI=1S/C23H27FN4O2/c1-30-21-5-3-2-4-16(21)13-22-26-23(17-8-11-19(25)20(29)12-17)28(27-22)14-15-6-9-18(24)10-7-15/h2-7,9-10,17,19-20,29H,8,11-14,25H2,1H3/t17-,19+,20+/m0/s1. The average Bonchev–Trinajstić information content (AvgIpc) is 3.14. The lowest BCUT2D eigenvalue weighted by Gasteiger charge is -2.30. The van der Waals surface area contributed by atoms with E-state index in [1.54, 1.807) is 19.2 Å². The highest BCUT2D eigenvalue weighted by atomic mass is 19.1. The van der Waals surface area contributed by atoms with E-state index in [0.29, 0.717) is 25.2 Å². The molecule has 1 saturated carbocycles. The minimum absolute atomic E-state index is 0.0826. The SMILES string of the molecule is COc1ccccc1Cc1nc([C@H]2CC[C@@H](N)[C@H](O)C2)n(Cc2ccc(F)cc2)n1. The second-order valence-electron chi connectivity index (χ2n) is 7.90. The maximum Gasteiger partial charge on any atom is 0.155 e. The van der Waals surface area contributed by atoms with Gasteiger partial charge in [0.15, 0.2) is 5.82 Å². The van der Waals surface area contributed by atoms with Crippen LogP contribution in [0.15, 0.2) is 48.5 Å². The number of rotatable bonds is 6. The Morgan fingerprint density at radius 2 is 1.93 bits per heavy atom. The van der Waals surface area contributed by atoms with Crippen molar-refractivity contribution in [1.29, 1.82) is 0 Å². The summed E-state index contributed by atoms with van der Waals surface area (Å²) >= 11 is 0. The van der Waals surface area contributed by atoms with Crippen LogP contribution in [0.25, 0.3) is 0 Å². The maximum atomic E-state index is 13.3. The van der Waals surface area contributed by atoms with E-state index in [0.717, 1.165) is 35.5 Å². The zero-order valence-electron chi connectivity index (χ0n) is 17.0. The minimum atomic E-state index is -0.544. The predicted molar refractivity (Wildman–Crippen MR) is 112 cm³/mol. The van der Waals surface area contributed by atoms with Gasteiger partial charge in [-0.3, -0.25) is 0 Å². The van der Waals surface area contributed by atoms with Crippen molar-refractivity contribution in [2.45, 2.75) is 50.3 Å². The molecule has 4 rings (SSSR count). The van der Waals surface area contributed by atoms with E-state index in [9.17, 15) is 9.50 Å². The summed E-state index contributed by atoms with van der Waals surface area (Å²) in [7, 11) is 1.65. The van der Waals surface area contributed by atoms with Gasteiger partial charge in [0.25, 0.3) is 0 Å². The lowest BCUT2D eigenvalue weighted by Crippen LogP contribution is -2.40. The van der Waals surface area contributed by atoms with E-state index < -0.39 is 6.10 Å². The zero-order chi connectivity index (χ0) is 21.1. The number of aliphatic hydroxyl groups is 1. The van der Waals surface area contributed by atoms with Crippen molar-refractivity contribution in [3.05, 3.63) is 77.1 Å². The molecule has 7 heteroatoms. The summed E-state index contributed by atoms with van der Waals surface area (Å²) in [6, 6.07) is 14.0. The highest BCUT2D eigenvalue weighted by molar-refractivity contribution is 5.35. The molecule has 3 N–H and O–H groups in total. The summed E-state index contributed by atoms with van der Waals surface area (Å²) in [4.78, 5) is 4.85. The van der Waals surface area contributed by atoms with E-state index in [2.05, 4.69) is 0 Å². The number of halogens is 1. The Morgan fingerprint density at radius 3 is 2.67 bits per heavy atom. The first-order valence-electron chi connectivity index (χ1n) is 10.3. The van der Waals surface area contributed by atoms with Crippen molar-refractivity contribution in [2.75, 3.05) is 7.11 Å². The Hall–Kier alpha value is -2.77. The number of ether oxygens (including phenoxy) is 1. The highest BCUT2D eigenvalue weighted by Crippen LogP contribution is 2.32. The molecular formula is C23H27FN4O2. The molecule has 30 heavy (non-hydrogen) atoms. The number of nitrogens with two attached hydrogens (primary N) is 1. The summed E-state index contributed by atoms with van der Waals surface area (Å²) in [6.07, 6.45) is 2.17. The Bertz CT molecular complexity index is 989. The van der Waals surface area contributed by atoms with Crippen LogP contribution in [0.5, 0.6) is 5.75 Å². The first-order valence-corrected chi connectivity index (χ1v) is 10.3. The fourth-order valence-electron chi connectivity index (χ4n) is 4.08. The summed E-state index contributed by atoms with van der Waals surface area (Å²) in [5.74, 6) is 2.15. The third-order valence-corrected chi connectivity index (χ3v) is 5.76. The van der Waals surface area contributed by atoms with Crippen molar-refractivity contribution < 1.29 is 14.2 Å². The molecule has 3 atom stereocenters. The lowest BCUT2D eigenvalue weighted by atomic mass is 9.84. The Balaban J connectivity index is 1.64. The number of aliphatic hydroxyl groups excluding tert-OH is 1. The molecule has 6 nitrogen and oxygen atoms in total. The summed E-state index contributed by atoms with van der Waals surface area (Å²) in [5.41, 5.74) is 7.95. The molecule has 0 bridgehead atoms. The second-order valence-corrected chi connectivity index (χ2v) is 7.90. The summed E-state index contributed by atoms with van der Waals surface area (Å²) in [6.45, 7) is 0.493. The van der Waals surface area contributed by atoms with Crippen LogP contribution in [-0.4, -0.2) is 39.1 Å². The first kappa shape index (κ1) is 20.5. The van der Waals surface area contributed by atoms with Crippen molar-refractivity contribution in [3.8, 4) is 5.75 Å². The Kier molecular flexibility index (Phi) is 6.11. The van der Waals surface area contributed by atoms with Gasteiger partial charge in [0.1, 0.15) is 17.4 Å². The first-order chi connectivity index (χ1) is 14.5. The molecule has 0 aliphatic heterocycles. The summed E-state index contributed by atoms with van der Waals surface area (Å²) < 4.78 is 20.6. The van der Waals surface area contributed by atoms with Crippen LogP contribution in [0, 0.1) is 5.82 Å². The Morgan fingerprint density at radius 1 is 1.17 bits per heavy atom. The molecule has 3 aromatic rings. The quantitative estimate of drug-likeness (QED) is 0.652. The molecular weight excluding hydrogens is 383 g/mol. The number of benzene rings is 2. The molecule has 1 aliphatic rings. The van der Waals surface area contributed by atoms with Crippen molar-refractivity contribution in [3.63, 3.8) is 0 Å². The molecule has 2 aromatic carbocycles. The van der Waals surface area contributed by atoms with Gasteiger partial charge in [0.05, 0.1) is 19.8 Å². The largest absolute Gasteiger partial charge is 0.496 e. The molecule has 1 heterocycles. The second kappa shape index (κ2) is 8.93. The fraction of sp³-hybridized carbons (Fsp3) is 0.391. The van der Waals surface area contributed by atoms with Gasteiger partial charge in [0.2, 0.25) is 0 Å². The van der Waals surface area contributed by atoms with Crippen LogP contribution in [-0.2, 0) is 13.0 Å². The van der Waals surface area contributed by atoms with Crippen molar-refractivity contribution >= 4 is 0 Å². The van der Waals surface area contributed by atoms with Gasteiger partial charge in [-0.25, -0.2) is 14.1 Å². The van der Waals surface area contributed by atoms with Gasteiger partial charge in [0, 0.05) is 23.9 Å². The minimum Gasteiger partial charge on any atom is -0.496 e. The number of methoxy groups -OCH3 is 1. The predicted octanol–water partition coefficient (Wildman–Crippen LogP) is 3.02. The van der Waals surface area contributed by atoms with Crippen LogP contribution in [0.4, 0.5) is 4.39 Å². The molecule has 0 unspecified atom stereocenters. The van der Waals surface area contributed by atoms with Gasteiger partial charge in [-0.2, -0.15) is 5.10 Å². The fourth-order valence-corrected chi connectivity index (χ4v) is 4.08. The molecule has 158 valence electrons.